The molecule has 1 amide bonds. The van der Waals surface area contributed by atoms with E-state index in [1.54, 1.807) is 24.3 Å². The summed E-state index contributed by atoms with van der Waals surface area (Å²) in [6.45, 7) is 5.40. The number of rotatable bonds is 3. The van der Waals surface area contributed by atoms with E-state index < -0.39 is 0 Å². The minimum absolute atomic E-state index is 0.000532. The molecule has 2 aromatic rings. The molecule has 0 heterocycles. The summed E-state index contributed by atoms with van der Waals surface area (Å²) in [6.07, 6.45) is 0. The van der Waals surface area contributed by atoms with Gasteiger partial charge < -0.3 is 5.32 Å². The van der Waals surface area contributed by atoms with E-state index in [4.69, 9.17) is 0 Å². The van der Waals surface area contributed by atoms with Crippen molar-refractivity contribution in [1.82, 2.24) is 0 Å². The molecular formula is C17H17NO2. The molecule has 102 valence electrons. The van der Waals surface area contributed by atoms with Gasteiger partial charge in [0.1, 0.15) is 0 Å². The van der Waals surface area contributed by atoms with Crippen molar-refractivity contribution in [3.63, 3.8) is 0 Å². The lowest BCUT2D eigenvalue weighted by atomic mass is 9.96. The number of amides is 1. The molecule has 3 nitrogen and oxygen atoms in total. The highest BCUT2D eigenvalue weighted by atomic mass is 16.1. The van der Waals surface area contributed by atoms with Gasteiger partial charge in [0, 0.05) is 23.7 Å². The fourth-order valence-electron chi connectivity index (χ4n) is 2.06. The molecule has 2 aromatic carbocycles. The monoisotopic (exact) mass is 267 g/mol. The predicted molar refractivity (Wildman–Crippen MR) is 80.1 cm³/mol. The number of ketones is 1. The summed E-state index contributed by atoms with van der Waals surface area (Å²) >= 11 is 0. The highest BCUT2D eigenvalue weighted by Crippen LogP contribution is 2.18. The lowest BCUT2D eigenvalue weighted by Crippen LogP contribution is -2.07. The fraction of sp³-hybridized carbons (Fsp3) is 0.176. The summed E-state index contributed by atoms with van der Waals surface area (Å²) in [5, 5.41) is 2.68. The number of carbonyl (C=O) groups is 2. The molecule has 0 unspecified atom stereocenters. The third kappa shape index (κ3) is 2.94. The molecule has 0 saturated heterocycles. The van der Waals surface area contributed by atoms with Crippen molar-refractivity contribution in [3.8, 4) is 0 Å². The van der Waals surface area contributed by atoms with Gasteiger partial charge in [0.2, 0.25) is 5.91 Å². The predicted octanol–water partition coefficient (Wildman–Crippen LogP) is 3.49. The smallest absolute Gasteiger partial charge is 0.221 e. The summed E-state index contributed by atoms with van der Waals surface area (Å²) < 4.78 is 0. The van der Waals surface area contributed by atoms with Crippen molar-refractivity contribution in [1.29, 1.82) is 0 Å². The van der Waals surface area contributed by atoms with Crippen molar-refractivity contribution < 1.29 is 9.59 Å². The van der Waals surface area contributed by atoms with Gasteiger partial charge in [0.05, 0.1) is 0 Å². The number of hydrogen-bond donors (Lipinski definition) is 1. The van der Waals surface area contributed by atoms with Crippen LogP contribution in [0.4, 0.5) is 5.69 Å². The first-order valence-electron chi connectivity index (χ1n) is 6.47. The van der Waals surface area contributed by atoms with E-state index in [1.165, 1.54) is 6.92 Å². The molecule has 0 aliphatic carbocycles. The van der Waals surface area contributed by atoms with Crippen LogP contribution in [0.1, 0.15) is 34.0 Å². The zero-order valence-corrected chi connectivity index (χ0v) is 11.9. The molecule has 0 aliphatic rings. The van der Waals surface area contributed by atoms with E-state index in [2.05, 4.69) is 5.32 Å². The molecule has 1 N–H and O–H groups in total. The van der Waals surface area contributed by atoms with Crippen LogP contribution in [0.25, 0.3) is 0 Å². The molecule has 0 fully saturated rings. The topological polar surface area (TPSA) is 46.2 Å². The van der Waals surface area contributed by atoms with Gasteiger partial charge in [-0.2, -0.15) is 0 Å². The van der Waals surface area contributed by atoms with Gasteiger partial charge in [-0.3, -0.25) is 9.59 Å². The summed E-state index contributed by atoms with van der Waals surface area (Å²) in [6, 6.07) is 12.7. The van der Waals surface area contributed by atoms with Crippen LogP contribution in [-0.4, -0.2) is 11.7 Å². The molecule has 0 spiro atoms. The van der Waals surface area contributed by atoms with Crippen LogP contribution < -0.4 is 5.32 Å². The Labute approximate surface area is 118 Å². The van der Waals surface area contributed by atoms with Gasteiger partial charge in [-0.1, -0.05) is 18.2 Å². The number of benzene rings is 2. The molecule has 20 heavy (non-hydrogen) atoms. The number of carbonyl (C=O) groups excluding carboxylic acids is 2. The molecule has 0 saturated carbocycles. The number of hydrogen-bond acceptors (Lipinski definition) is 2. The first-order valence-corrected chi connectivity index (χ1v) is 6.47. The Hall–Kier alpha value is -2.42. The SMILES string of the molecule is CC(=O)Nc1ccc(C(=O)c2cccc(C)c2C)cc1. The molecule has 0 bridgehead atoms. The second-order valence-corrected chi connectivity index (χ2v) is 4.84. The Bertz CT molecular complexity index is 657. The average Bonchev–Trinajstić information content (AvgIpc) is 2.41. The quantitative estimate of drug-likeness (QED) is 0.865. The first-order chi connectivity index (χ1) is 9.49. The Morgan fingerprint density at radius 2 is 1.60 bits per heavy atom. The van der Waals surface area contributed by atoms with E-state index in [1.807, 2.05) is 32.0 Å². The van der Waals surface area contributed by atoms with Crippen molar-refractivity contribution in [2.45, 2.75) is 20.8 Å². The lowest BCUT2D eigenvalue weighted by Gasteiger charge is -2.08. The molecule has 2 rings (SSSR count). The molecule has 0 radical (unpaired) electrons. The minimum Gasteiger partial charge on any atom is -0.326 e. The van der Waals surface area contributed by atoms with Gasteiger partial charge in [-0.25, -0.2) is 0 Å². The highest BCUT2D eigenvalue weighted by molar-refractivity contribution is 6.10. The maximum atomic E-state index is 12.5. The molecular weight excluding hydrogens is 250 g/mol. The Kier molecular flexibility index (Phi) is 3.99. The summed E-state index contributed by atoms with van der Waals surface area (Å²) in [5.41, 5.74) is 4.13. The van der Waals surface area contributed by atoms with Gasteiger partial charge in [0.25, 0.3) is 0 Å². The molecule has 0 aromatic heterocycles. The maximum absolute atomic E-state index is 12.5. The Balaban J connectivity index is 2.29. The average molecular weight is 267 g/mol. The van der Waals surface area contributed by atoms with E-state index in [0.29, 0.717) is 11.3 Å². The van der Waals surface area contributed by atoms with Crippen LogP contribution in [0.5, 0.6) is 0 Å². The molecule has 0 aliphatic heterocycles. The second-order valence-electron chi connectivity index (χ2n) is 4.84. The first kappa shape index (κ1) is 14.0. The second kappa shape index (κ2) is 5.70. The lowest BCUT2D eigenvalue weighted by molar-refractivity contribution is -0.114. The van der Waals surface area contributed by atoms with E-state index in [9.17, 15) is 9.59 Å². The minimum atomic E-state index is -0.126. The van der Waals surface area contributed by atoms with E-state index in [0.717, 1.165) is 16.7 Å². The number of aryl methyl sites for hydroxylation is 1. The van der Waals surface area contributed by atoms with Gasteiger partial charge in [-0.05, 0) is 49.2 Å². The normalized spacial score (nSPS) is 10.2. The molecule has 3 heteroatoms. The van der Waals surface area contributed by atoms with E-state index >= 15 is 0 Å². The van der Waals surface area contributed by atoms with Crippen LogP contribution >= 0.6 is 0 Å². The van der Waals surface area contributed by atoms with Gasteiger partial charge in [0.15, 0.2) is 5.78 Å². The maximum Gasteiger partial charge on any atom is 0.221 e. The summed E-state index contributed by atoms with van der Waals surface area (Å²) in [4.78, 5) is 23.4. The Morgan fingerprint density at radius 1 is 0.950 bits per heavy atom. The van der Waals surface area contributed by atoms with Gasteiger partial charge >= 0.3 is 0 Å². The van der Waals surface area contributed by atoms with E-state index in [-0.39, 0.29) is 11.7 Å². The van der Waals surface area contributed by atoms with Crippen molar-refractivity contribution in [3.05, 3.63) is 64.7 Å². The largest absolute Gasteiger partial charge is 0.326 e. The van der Waals surface area contributed by atoms with Crippen LogP contribution in [0.3, 0.4) is 0 Å². The number of nitrogens with one attached hydrogen (secondary N) is 1. The molecule has 0 atom stereocenters. The van der Waals surface area contributed by atoms with Crippen LogP contribution in [0.2, 0.25) is 0 Å². The number of anilines is 1. The zero-order valence-electron chi connectivity index (χ0n) is 11.9. The highest BCUT2D eigenvalue weighted by Gasteiger charge is 2.12. The third-order valence-corrected chi connectivity index (χ3v) is 3.32. The van der Waals surface area contributed by atoms with Crippen molar-refractivity contribution in [2.75, 3.05) is 5.32 Å². The van der Waals surface area contributed by atoms with Crippen molar-refractivity contribution in [2.24, 2.45) is 0 Å². The third-order valence-electron chi connectivity index (χ3n) is 3.32. The Morgan fingerprint density at radius 3 is 2.20 bits per heavy atom. The summed E-state index contributed by atoms with van der Waals surface area (Å²) in [7, 11) is 0. The summed E-state index contributed by atoms with van der Waals surface area (Å²) in [5.74, 6) is -0.126. The zero-order chi connectivity index (χ0) is 14.7. The van der Waals surface area contributed by atoms with Crippen LogP contribution in [0.15, 0.2) is 42.5 Å². The van der Waals surface area contributed by atoms with Crippen molar-refractivity contribution >= 4 is 17.4 Å². The standard InChI is InChI=1S/C17H17NO2/c1-11-5-4-6-16(12(11)2)17(20)14-7-9-15(10-8-14)18-13(3)19/h4-10H,1-3H3,(H,18,19). The van der Waals surface area contributed by atoms with Gasteiger partial charge in [-0.15, -0.1) is 0 Å². The van der Waals surface area contributed by atoms with Crippen LogP contribution in [-0.2, 0) is 4.79 Å². The van der Waals surface area contributed by atoms with Crippen LogP contribution in [0, 0.1) is 13.8 Å². The fourth-order valence-corrected chi connectivity index (χ4v) is 2.06.